The molecule has 0 aliphatic carbocycles. The number of benzene rings is 2. The van der Waals surface area contributed by atoms with Crippen LogP contribution in [0.15, 0.2) is 60.9 Å². The third-order valence-corrected chi connectivity index (χ3v) is 6.85. The van der Waals surface area contributed by atoms with Crippen molar-refractivity contribution in [2.24, 2.45) is 0 Å². The Balaban J connectivity index is 1.45. The molecule has 1 amide bonds. The normalized spacial score (nSPS) is 15.9. The second-order valence-corrected chi connectivity index (χ2v) is 9.55. The molecule has 180 valence electrons. The van der Waals surface area contributed by atoms with E-state index in [4.69, 9.17) is 15.6 Å². The van der Waals surface area contributed by atoms with Crippen molar-refractivity contribution >= 4 is 34.5 Å². The number of hydrogen-bond acceptors (Lipinski definition) is 7. The monoisotopic (exact) mass is 488 g/mol. The molecule has 8 nitrogen and oxygen atoms in total. The Morgan fingerprint density at radius 2 is 1.89 bits per heavy atom. The molecular weight excluding hydrogens is 460 g/mol. The largest absolute Gasteiger partial charge is 0.457 e. The minimum Gasteiger partial charge on any atom is -0.457 e. The Morgan fingerprint density at radius 1 is 1.11 bits per heavy atom. The average molecular weight is 489 g/mol. The molecule has 4 aromatic rings. The first kappa shape index (κ1) is 23.2. The summed E-state index contributed by atoms with van der Waals surface area (Å²) >= 11 is 1.69. The Kier molecular flexibility index (Phi) is 6.85. The molecule has 5 rings (SSSR count). The number of rotatable bonds is 7. The fraction of sp³-hybridized carbons (Fsp3) is 0.308. The van der Waals surface area contributed by atoms with Crippen LogP contribution in [0.3, 0.4) is 0 Å². The first-order valence-corrected chi connectivity index (χ1v) is 13.1. The number of aromatic nitrogens is 4. The molecule has 1 atom stereocenters. The maximum Gasteiger partial charge on any atom is 0.223 e. The van der Waals surface area contributed by atoms with Crippen molar-refractivity contribution < 1.29 is 9.53 Å². The van der Waals surface area contributed by atoms with Crippen LogP contribution in [0.5, 0.6) is 11.5 Å². The lowest BCUT2D eigenvalue weighted by molar-refractivity contribution is -0.132. The number of fused-ring (bicyclic) bond motifs is 1. The lowest BCUT2D eigenvalue weighted by atomic mass is 10.1. The predicted molar refractivity (Wildman–Crippen MR) is 140 cm³/mol. The van der Waals surface area contributed by atoms with Crippen molar-refractivity contribution in [2.75, 3.05) is 30.8 Å². The third-order valence-electron chi connectivity index (χ3n) is 6.24. The molecule has 0 saturated carbocycles. The van der Waals surface area contributed by atoms with Gasteiger partial charge in [-0.2, -0.15) is 16.9 Å². The number of piperidine rings is 1. The van der Waals surface area contributed by atoms with Gasteiger partial charge in [-0.15, -0.1) is 0 Å². The van der Waals surface area contributed by atoms with Gasteiger partial charge in [0.1, 0.15) is 29.3 Å². The van der Waals surface area contributed by atoms with Crippen molar-refractivity contribution in [3.8, 4) is 22.8 Å². The fourth-order valence-corrected chi connectivity index (χ4v) is 4.86. The van der Waals surface area contributed by atoms with Gasteiger partial charge in [-0.05, 0) is 55.5 Å². The highest BCUT2D eigenvalue weighted by atomic mass is 32.2. The molecule has 2 aromatic carbocycles. The Labute approximate surface area is 208 Å². The van der Waals surface area contributed by atoms with Gasteiger partial charge < -0.3 is 15.4 Å². The fourth-order valence-electron chi connectivity index (χ4n) is 4.49. The van der Waals surface area contributed by atoms with E-state index in [9.17, 15) is 4.79 Å². The maximum atomic E-state index is 12.7. The quantitative estimate of drug-likeness (QED) is 0.399. The summed E-state index contributed by atoms with van der Waals surface area (Å²) in [6.45, 7) is 1.41. The first-order valence-electron chi connectivity index (χ1n) is 11.7. The summed E-state index contributed by atoms with van der Waals surface area (Å²) in [5, 5.41) is 5.70. The number of para-hydroxylation sites is 1. The highest BCUT2D eigenvalue weighted by molar-refractivity contribution is 7.98. The number of ether oxygens (including phenoxy) is 1. The summed E-state index contributed by atoms with van der Waals surface area (Å²) in [4.78, 5) is 23.4. The van der Waals surface area contributed by atoms with Crippen molar-refractivity contribution in [3.05, 3.63) is 60.9 Å². The molecule has 0 bridgehead atoms. The second-order valence-electron chi connectivity index (χ2n) is 8.57. The molecule has 0 unspecified atom stereocenters. The van der Waals surface area contributed by atoms with Crippen molar-refractivity contribution in [1.82, 2.24) is 24.6 Å². The molecule has 3 heterocycles. The van der Waals surface area contributed by atoms with Crippen LogP contribution >= 0.6 is 11.8 Å². The van der Waals surface area contributed by atoms with Crippen LogP contribution in [0.2, 0.25) is 0 Å². The summed E-state index contributed by atoms with van der Waals surface area (Å²) in [5.74, 6) is 2.94. The van der Waals surface area contributed by atoms with Crippen LogP contribution in [0, 0.1) is 0 Å². The van der Waals surface area contributed by atoms with Crippen LogP contribution in [-0.2, 0) is 4.79 Å². The van der Waals surface area contributed by atoms with E-state index in [1.807, 2.05) is 70.4 Å². The van der Waals surface area contributed by atoms with Crippen molar-refractivity contribution in [3.63, 3.8) is 0 Å². The number of anilines is 1. The zero-order valence-corrected chi connectivity index (χ0v) is 20.4. The summed E-state index contributed by atoms with van der Waals surface area (Å²) in [5.41, 5.74) is 8.63. The van der Waals surface area contributed by atoms with Crippen LogP contribution in [0.25, 0.3) is 22.3 Å². The number of nitrogen functional groups attached to an aromatic ring is 1. The van der Waals surface area contributed by atoms with Crippen LogP contribution in [0.1, 0.15) is 25.3 Å². The topological polar surface area (TPSA) is 99.2 Å². The van der Waals surface area contributed by atoms with E-state index in [1.54, 1.807) is 11.8 Å². The molecule has 9 heteroatoms. The first-order chi connectivity index (χ1) is 17.1. The van der Waals surface area contributed by atoms with Gasteiger partial charge in [0.2, 0.25) is 5.91 Å². The zero-order valence-electron chi connectivity index (χ0n) is 19.6. The number of nitrogens with zero attached hydrogens (tertiary/aromatic N) is 5. The van der Waals surface area contributed by atoms with Gasteiger partial charge >= 0.3 is 0 Å². The van der Waals surface area contributed by atoms with E-state index in [1.165, 1.54) is 6.33 Å². The third kappa shape index (κ3) is 4.95. The molecule has 2 N–H and O–H groups in total. The second kappa shape index (κ2) is 10.4. The molecule has 0 radical (unpaired) electrons. The maximum absolute atomic E-state index is 12.7. The molecule has 35 heavy (non-hydrogen) atoms. The lowest BCUT2D eigenvalue weighted by Crippen LogP contribution is -2.41. The van der Waals surface area contributed by atoms with Crippen LogP contribution in [-0.4, -0.2) is 55.7 Å². The van der Waals surface area contributed by atoms with Crippen molar-refractivity contribution in [1.29, 1.82) is 0 Å². The Bertz CT molecular complexity index is 1310. The highest BCUT2D eigenvalue weighted by Gasteiger charge is 2.28. The van der Waals surface area contributed by atoms with Gasteiger partial charge in [0.05, 0.1) is 11.4 Å². The molecule has 1 aliphatic heterocycles. The number of hydrogen-bond donors (Lipinski definition) is 1. The van der Waals surface area contributed by atoms with Gasteiger partial charge in [-0.25, -0.2) is 14.6 Å². The summed E-state index contributed by atoms with van der Waals surface area (Å²) in [7, 11) is 0. The van der Waals surface area contributed by atoms with Gasteiger partial charge in [0.25, 0.3) is 0 Å². The average Bonchev–Trinajstić information content (AvgIpc) is 3.29. The van der Waals surface area contributed by atoms with Crippen LogP contribution < -0.4 is 10.5 Å². The highest BCUT2D eigenvalue weighted by Crippen LogP contribution is 2.35. The molecule has 1 fully saturated rings. The van der Waals surface area contributed by atoms with E-state index >= 15 is 0 Å². The van der Waals surface area contributed by atoms with E-state index in [-0.39, 0.29) is 11.9 Å². The summed E-state index contributed by atoms with van der Waals surface area (Å²) < 4.78 is 7.86. The molecule has 2 aromatic heterocycles. The summed E-state index contributed by atoms with van der Waals surface area (Å²) in [6.07, 6.45) is 5.91. The van der Waals surface area contributed by atoms with Gasteiger partial charge in [0, 0.05) is 30.8 Å². The predicted octanol–water partition coefficient (Wildman–Crippen LogP) is 4.78. The molecule has 1 saturated heterocycles. The smallest absolute Gasteiger partial charge is 0.223 e. The molecule has 1 aliphatic rings. The van der Waals surface area contributed by atoms with Gasteiger partial charge in [0.15, 0.2) is 5.65 Å². The molecular formula is C26H28N6O2S. The Morgan fingerprint density at radius 3 is 2.66 bits per heavy atom. The van der Waals surface area contributed by atoms with E-state index in [0.717, 1.165) is 53.3 Å². The standard InChI is InChI=1S/C26H28N6O2S/c1-35-15-13-22(33)31-14-5-6-19(16-31)32-26-23(25(27)28-17-29-26)24(30-32)18-9-11-21(12-10-18)34-20-7-3-2-4-8-20/h2-4,7-12,17,19H,5-6,13-16H2,1H3,(H2,27,28,29)/t19-/m1/s1. The van der Waals surface area contributed by atoms with Crippen LogP contribution in [0.4, 0.5) is 5.82 Å². The van der Waals surface area contributed by atoms with E-state index < -0.39 is 0 Å². The van der Waals surface area contributed by atoms with E-state index in [0.29, 0.717) is 24.4 Å². The number of amides is 1. The number of thioether (sulfide) groups is 1. The number of carbonyl (C=O) groups is 1. The Hall–Kier alpha value is -3.59. The lowest BCUT2D eigenvalue weighted by Gasteiger charge is -2.33. The SMILES string of the molecule is CSCCC(=O)N1CCC[C@@H](n2nc(-c3ccc(Oc4ccccc4)cc3)c3c(N)ncnc32)C1. The minimum absolute atomic E-state index is 0.0354. The number of likely N-dealkylation sites (tertiary alicyclic amines) is 1. The molecule has 0 spiro atoms. The number of nitrogens with two attached hydrogens (primary N) is 1. The van der Waals surface area contributed by atoms with Crippen molar-refractivity contribution in [2.45, 2.75) is 25.3 Å². The number of carbonyl (C=O) groups excluding carboxylic acids is 1. The summed E-state index contributed by atoms with van der Waals surface area (Å²) in [6, 6.07) is 17.5. The van der Waals surface area contributed by atoms with E-state index in [2.05, 4.69) is 9.97 Å². The zero-order chi connectivity index (χ0) is 24.2. The minimum atomic E-state index is 0.0354. The van der Waals surface area contributed by atoms with Gasteiger partial charge in [-0.3, -0.25) is 4.79 Å². The van der Waals surface area contributed by atoms with Gasteiger partial charge in [-0.1, -0.05) is 18.2 Å².